The molecule has 2 rings (SSSR count). The molecule has 0 amide bonds. The molecule has 0 radical (unpaired) electrons. The molecular weight excluding hydrogens is 338 g/mol. The lowest BCUT2D eigenvalue weighted by Crippen LogP contribution is -2.40. The monoisotopic (exact) mass is 348 g/mol. The summed E-state index contributed by atoms with van der Waals surface area (Å²) < 4.78 is 77.8. The number of aromatic carboxylic acids is 1. The predicted molar refractivity (Wildman–Crippen MR) is 73.7 cm³/mol. The molecule has 2 nitrogen and oxygen atoms in total. The van der Waals surface area contributed by atoms with Crippen molar-refractivity contribution in [2.75, 3.05) is 0 Å². The second-order valence-corrected chi connectivity index (χ2v) is 4.95. The van der Waals surface area contributed by atoms with Gasteiger partial charge in [-0.3, -0.25) is 0 Å². The van der Waals surface area contributed by atoms with E-state index in [0.29, 0.717) is 0 Å². The van der Waals surface area contributed by atoms with Crippen LogP contribution >= 0.6 is 0 Å². The fourth-order valence-electron chi connectivity index (χ4n) is 2.11. The molecule has 0 heterocycles. The van der Waals surface area contributed by atoms with Crippen molar-refractivity contribution in [1.29, 1.82) is 0 Å². The van der Waals surface area contributed by atoms with Crippen molar-refractivity contribution in [2.24, 2.45) is 0 Å². The average molecular weight is 348 g/mol. The summed E-state index contributed by atoms with van der Waals surface area (Å²) in [6.07, 6.45) is -9.62. The van der Waals surface area contributed by atoms with E-state index in [1.807, 2.05) is 0 Å². The lowest BCUT2D eigenvalue weighted by Gasteiger charge is -2.25. The summed E-state index contributed by atoms with van der Waals surface area (Å²) in [5.41, 5.74) is -0.987. The van der Waals surface area contributed by atoms with Crippen LogP contribution < -0.4 is 0 Å². The quantitative estimate of drug-likeness (QED) is 0.765. The van der Waals surface area contributed by atoms with Crippen molar-refractivity contribution >= 4 is 5.97 Å². The van der Waals surface area contributed by atoms with Crippen LogP contribution in [0.3, 0.4) is 0 Å². The van der Waals surface area contributed by atoms with Gasteiger partial charge in [-0.1, -0.05) is 36.4 Å². The maximum Gasteiger partial charge on any atom is 0.456 e. The van der Waals surface area contributed by atoms with Gasteiger partial charge >= 0.3 is 18.1 Å². The van der Waals surface area contributed by atoms with Crippen molar-refractivity contribution in [3.8, 4) is 11.1 Å². The number of alkyl halides is 6. The van der Waals surface area contributed by atoms with Gasteiger partial charge in [0.2, 0.25) is 0 Å². The number of carbonyl (C=O) groups is 1. The Labute approximate surface area is 132 Å². The van der Waals surface area contributed by atoms with Crippen LogP contribution in [0.2, 0.25) is 0 Å². The summed E-state index contributed by atoms with van der Waals surface area (Å²) in [5, 5.41) is 8.80. The largest absolute Gasteiger partial charge is 0.478 e. The van der Waals surface area contributed by atoms with Crippen molar-refractivity contribution < 1.29 is 36.2 Å². The van der Waals surface area contributed by atoms with Gasteiger partial charge in [0, 0.05) is 5.56 Å². The van der Waals surface area contributed by atoms with Gasteiger partial charge in [-0.2, -0.15) is 22.0 Å². The molecule has 0 fully saturated rings. The highest BCUT2D eigenvalue weighted by Gasteiger charge is 2.63. The Kier molecular flexibility index (Phi) is 4.59. The first kappa shape index (κ1) is 17.8. The van der Waals surface area contributed by atoms with Gasteiger partial charge in [0.1, 0.15) is 0 Å². The minimum absolute atomic E-state index is 0.103. The van der Waals surface area contributed by atoms with Crippen LogP contribution in [-0.4, -0.2) is 23.2 Å². The fourth-order valence-corrected chi connectivity index (χ4v) is 2.11. The van der Waals surface area contributed by atoms with Crippen LogP contribution in [0.15, 0.2) is 48.5 Å². The van der Waals surface area contributed by atoms with E-state index in [0.717, 1.165) is 24.3 Å². The smallest absolute Gasteiger partial charge is 0.456 e. The van der Waals surface area contributed by atoms with Crippen molar-refractivity contribution in [2.45, 2.75) is 18.3 Å². The molecule has 8 heteroatoms. The number of carboxylic acids is 1. The minimum Gasteiger partial charge on any atom is -0.478 e. The van der Waals surface area contributed by atoms with Crippen LogP contribution in [0.5, 0.6) is 0 Å². The number of hydrogen-bond acceptors (Lipinski definition) is 1. The van der Waals surface area contributed by atoms with E-state index < -0.39 is 29.8 Å². The summed E-state index contributed by atoms with van der Waals surface area (Å²) >= 11 is 0. The van der Waals surface area contributed by atoms with Crippen molar-refractivity contribution in [1.82, 2.24) is 0 Å². The maximum atomic E-state index is 14.0. The van der Waals surface area contributed by atoms with Gasteiger partial charge in [0.05, 0.1) is 5.56 Å². The van der Waals surface area contributed by atoms with E-state index in [1.165, 1.54) is 24.3 Å². The molecule has 0 saturated carbocycles. The molecule has 1 N–H and O–H groups in total. The Bertz CT molecular complexity index is 737. The van der Waals surface area contributed by atoms with E-state index >= 15 is 0 Å². The molecule has 1 unspecified atom stereocenters. The third kappa shape index (κ3) is 3.22. The van der Waals surface area contributed by atoms with Gasteiger partial charge in [0.25, 0.3) is 0 Å². The van der Waals surface area contributed by atoms with Crippen LogP contribution in [-0.2, 0) is 0 Å². The average Bonchev–Trinajstić information content (AvgIpc) is 2.53. The highest BCUT2D eigenvalue weighted by atomic mass is 19.4. The number of benzene rings is 2. The van der Waals surface area contributed by atoms with E-state index in [1.54, 1.807) is 0 Å². The summed E-state index contributed by atoms with van der Waals surface area (Å²) in [6, 6.07) is 9.22. The molecule has 0 saturated heterocycles. The van der Waals surface area contributed by atoms with Gasteiger partial charge in [-0.05, 0) is 23.3 Å². The summed E-state index contributed by atoms with van der Waals surface area (Å²) in [7, 11) is 0. The third-order valence-electron chi connectivity index (χ3n) is 3.37. The molecule has 128 valence electrons. The lowest BCUT2D eigenvalue weighted by molar-refractivity contribution is -0.305. The van der Waals surface area contributed by atoms with Gasteiger partial charge < -0.3 is 5.11 Å². The first-order chi connectivity index (χ1) is 11.1. The first-order valence-corrected chi connectivity index (χ1v) is 6.57. The molecular formula is C16H10F6O2. The van der Waals surface area contributed by atoms with Crippen molar-refractivity contribution in [3.63, 3.8) is 0 Å². The maximum absolute atomic E-state index is 14.0. The highest BCUT2D eigenvalue weighted by Crippen LogP contribution is 2.48. The van der Waals surface area contributed by atoms with E-state index in [2.05, 4.69) is 0 Å². The normalized spacial score (nSPS) is 13.6. The number of carboxylic acid groups (broad SMARTS) is 1. The van der Waals surface area contributed by atoms with Gasteiger partial charge in [-0.25, -0.2) is 9.18 Å². The minimum atomic E-state index is -6.04. The fraction of sp³-hybridized carbons (Fsp3) is 0.188. The van der Waals surface area contributed by atoms with E-state index in [4.69, 9.17) is 5.11 Å². The zero-order valence-corrected chi connectivity index (χ0v) is 11.8. The Morgan fingerprint density at radius 3 is 1.96 bits per heavy atom. The third-order valence-corrected chi connectivity index (χ3v) is 3.37. The van der Waals surface area contributed by atoms with Crippen molar-refractivity contribution in [3.05, 3.63) is 59.7 Å². The standard InChI is InChI=1S/C16H10F6O2/c17-13(15(18,19)16(20,21)22)12-4-2-1-3-11(12)9-5-7-10(8-6-9)14(23)24/h1-8,13H,(H,23,24). The van der Waals surface area contributed by atoms with E-state index in [-0.39, 0.29) is 16.7 Å². The molecule has 0 aromatic heterocycles. The van der Waals surface area contributed by atoms with E-state index in [9.17, 15) is 31.1 Å². The zero-order chi connectivity index (χ0) is 18.1. The second kappa shape index (κ2) is 6.18. The molecule has 0 bridgehead atoms. The Morgan fingerprint density at radius 1 is 0.917 bits per heavy atom. The molecule has 0 aliphatic carbocycles. The SMILES string of the molecule is O=C(O)c1ccc(-c2ccccc2C(F)C(F)(F)C(F)(F)F)cc1. The van der Waals surface area contributed by atoms with Crippen LogP contribution in [0.25, 0.3) is 11.1 Å². The van der Waals surface area contributed by atoms with Crippen LogP contribution in [0, 0.1) is 0 Å². The molecule has 2 aromatic rings. The predicted octanol–water partition coefficient (Wildman–Crippen LogP) is 5.26. The number of rotatable bonds is 4. The Morgan fingerprint density at radius 2 is 1.46 bits per heavy atom. The molecule has 2 aromatic carbocycles. The molecule has 24 heavy (non-hydrogen) atoms. The highest BCUT2D eigenvalue weighted by molar-refractivity contribution is 5.88. The summed E-state index contributed by atoms with van der Waals surface area (Å²) in [6.45, 7) is 0. The van der Waals surface area contributed by atoms with Crippen LogP contribution in [0.4, 0.5) is 26.3 Å². The van der Waals surface area contributed by atoms with Gasteiger partial charge in [0.15, 0.2) is 6.17 Å². The molecule has 0 spiro atoms. The Balaban J connectivity index is 2.50. The second-order valence-electron chi connectivity index (χ2n) is 4.95. The number of hydrogen-bond donors (Lipinski definition) is 1. The molecule has 0 aliphatic heterocycles. The van der Waals surface area contributed by atoms with Crippen LogP contribution in [0.1, 0.15) is 22.1 Å². The topological polar surface area (TPSA) is 37.3 Å². The lowest BCUT2D eigenvalue weighted by atomic mass is 9.93. The summed E-state index contributed by atoms with van der Waals surface area (Å²) in [5.74, 6) is -6.79. The number of halogens is 6. The Hall–Kier alpha value is -2.51. The first-order valence-electron chi connectivity index (χ1n) is 6.57. The molecule has 1 atom stereocenters. The zero-order valence-electron chi connectivity index (χ0n) is 11.8. The van der Waals surface area contributed by atoms with Gasteiger partial charge in [-0.15, -0.1) is 0 Å². The molecule has 0 aliphatic rings. The summed E-state index contributed by atoms with van der Waals surface area (Å²) in [4.78, 5) is 10.8.